The second-order valence-electron chi connectivity index (χ2n) is 4.41. The molecule has 0 atom stereocenters. The van der Waals surface area contributed by atoms with Crippen molar-refractivity contribution in [3.8, 4) is 17.2 Å². The van der Waals surface area contributed by atoms with Gasteiger partial charge in [-0.25, -0.2) is 0 Å². The Kier molecular flexibility index (Phi) is 4.13. The minimum absolute atomic E-state index is 0.0567. The molecule has 3 aromatic rings. The lowest BCUT2D eigenvalue weighted by molar-refractivity contribution is 0.475. The molecule has 0 radical (unpaired) electrons. The summed E-state index contributed by atoms with van der Waals surface area (Å²) in [5.41, 5.74) is 0.163. The van der Waals surface area contributed by atoms with Crippen LogP contribution in [0.15, 0.2) is 65.6 Å². The van der Waals surface area contributed by atoms with Crippen molar-refractivity contribution in [2.24, 2.45) is 0 Å². The average molecular weight is 333 g/mol. The first-order valence-electron chi connectivity index (χ1n) is 6.42. The maximum absolute atomic E-state index is 12.3. The molecule has 0 aliphatic carbocycles. The zero-order valence-corrected chi connectivity index (χ0v) is 12.8. The zero-order valence-electron chi connectivity index (χ0n) is 11.2. The SMILES string of the molecule is O=c1c(Cl)c(Oc2ccccc2Cl)cnn1-c1ccccc1. The van der Waals surface area contributed by atoms with Crippen molar-refractivity contribution in [1.82, 2.24) is 9.78 Å². The molecule has 1 aromatic heterocycles. The summed E-state index contributed by atoms with van der Waals surface area (Å²) < 4.78 is 6.78. The highest BCUT2D eigenvalue weighted by Crippen LogP contribution is 2.31. The summed E-state index contributed by atoms with van der Waals surface area (Å²) in [7, 11) is 0. The maximum atomic E-state index is 12.3. The number of para-hydroxylation sites is 2. The molecule has 3 rings (SSSR count). The quantitative estimate of drug-likeness (QED) is 0.716. The summed E-state index contributed by atoms with van der Waals surface area (Å²) in [5.74, 6) is 0.566. The van der Waals surface area contributed by atoms with Crippen molar-refractivity contribution >= 4 is 23.2 Å². The van der Waals surface area contributed by atoms with E-state index in [0.29, 0.717) is 16.5 Å². The van der Waals surface area contributed by atoms with Gasteiger partial charge in [0.05, 0.1) is 16.9 Å². The van der Waals surface area contributed by atoms with Crippen LogP contribution >= 0.6 is 23.2 Å². The number of ether oxygens (including phenoxy) is 1. The fourth-order valence-electron chi connectivity index (χ4n) is 1.89. The van der Waals surface area contributed by atoms with E-state index in [4.69, 9.17) is 27.9 Å². The molecule has 0 bridgehead atoms. The van der Waals surface area contributed by atoms with Crippen LogP contribution in [-0.4, -0.2) is 9.78 Å². The van der Waals surface area contributed by atoms with Gasteiger partial charge in [-0.1, -0.05) is 53.5 Å². The summed E-state index contributed by atoms with van der Waals surface area (Å²) in [6.45, 7) is 0. The predicted molar refractivity (Wildman–Crippen MR) is 86.4 cm³/mol. The van der Waals surface area contributed by atoms with E-state index < -0.39 is 5.56 Å². The van der Waals surface area contributed by atoms with Gasteiger partial charge in [0.15, 0.2) is 10.8 Å². The van der Waals surface area contributed by atoms with Crippen molar-refractivity contribution in [2.75, 3.05) is 0 Å². The molecule has 0 aliphatic rings. The Hall–Kier alpha value is -2.30. The second-order valence-corrected chi connectivity index (χ2v) is 5.19. The molecule has 4 nitrogen and oxygen atoms in total. The Labute approximate surface area is 136 Å². The van der Waals surface area contributed by atoms with E-state index in [1.165, 1.54) is 10.9 Å². The Balaban J connectivity index is 2.01. The molecule has 0 N–H and O–H groups in total. The molecule has 0 fully saturated rings. The molecule has 0 spiro atoms. The topological polar surface area (TPSA) is 44.1 Å². The highest BCUT2D eigenvalue weighted by atomic mass is 35.5. The third kappa shape index (κ3) is 2.84. The van der Waals surface area contributed by atoms with Gasteiger partial charge in [0, 0.05) is 0 Å². The van der Waals surface area contributed by atoms with Gasteiger partial charge in [0.25, 0.3) is 5.56 Å². The largest absolute Gasteiger partial charge is 0.452 e. The van der Waals surface area contributed by atoms with Crippen LogP contribution in [0.25, 0.3) is 5.69 Å². The first-order valence-corrected chi connectivity index (χ1v) is 7.18. The third-order valence-corrected chi connectivity index (χ3v) is 3.60. The van der Waals surface area contributed by atoms with Gasteiger partial charge in [0.1, 0.15) is 5.75 Å². The fourth-order valence-corrected chi connectivity index (χ4v) is 2.23. The van der Waals surface area contributed by atoms with Gasteiger partial charge < -0.3 is 4.74 Å². The highest BCUT2D eigenvalue weighted by Gasteiger charge is 2.13. The van der Waals surface area contributed by atoms with Crippen LogP contribution in [0.2, 0.25) is 10.0 Å². The number of hydrogen-bond donors (Lipinski definition) is 0. The molecule has 0 aliphatic heterocycles. The van der Waals surface area contributed by atoms with Gasteiger partial charge >= 0.3 is 0 Å². The molecular weight excluding hydrogens is 323 g/mol. The summed E-state index contributed by atoms with van der Waals surface area (Å²) >= 11 is 12.1. The number of nitrogens with zero attached hydrogens (tertiary/aromatic N) is 2. The molecule has 0 unspecified atom stereocenters. The Morgan fingerprint density at radius 1 is 0.909 bits per heavy atom. The van der Waals surface area contributed by atoms with Crippen LogP contribution in [0.1, 0.15) is 0 Å². The monoisotopic (exact) mass is 332 g/mol. The van der Waals surface area contributed by atoms with E-state index in [1.54, 1.807) is 36.4 Å². The van der Waals surface area contributed by atoms with Crippen molar-refractivity contribution < 1.29 is 4.74 Å². The van der Waals surface area contributed by atoms with Gasteiger partial charge in [-0.3, -0.25) is 4.79 Å². The molecule has 22 heavy (non-hydrogen) atoms. The Morgan fingerprint density at radius 3 is 2.32 bits per heavy atom. The molecule has 6 heteroatoms. The molecule has 1 heterocycles. The minimum Gasteiger partial charge on any atom is -0.452 e. The van der Waals surface area contributed by atoms with E-state index in [2.05, 4.69) is 5.10 Å². The number of rotatable bonds is 3. The lowest BCUT2D eigenvalue weighted by atomic mass is 10.3. The molecule has 0 saturated heterocycles. The number of aromatic nitrogens is 2. The van der Waals surface area contributed by atoms with Crippen molar-refractivity contribution in [3.63, 3.8) is 0 Å². The van der Waals surface area contributed by atoms with Crippen molar-refractivity contribution in [3.05, 3.63) is 81.2 Å². The summed E-state index contributed by atoms with van der Waals surface area (Å²) in [5, 5.41) is 4.45. The minimum atomic E-state index is -0.461. The van der Waals surface area contributed by atoms with Crippen LogP contribution in [0.4, 0.5) is 0 Å². The maximum Gasteiger partial charge on any atom is 0.294 e. The Morgan fingerprint density at radius 2 is 1.59 bits per heavy atom. The Bertz CT molecular complexity index is 864. The molecule has 2 aromatic carbocycles. The average Bonchev–Trinajstić information content (AvgIpc) is 2.55. The number of hydrogen-bond acceptors (Lipinski definition) is 3. The van der Waals surface area contributed by atoms with Gasteiger partial charge in [-0.05, 0) is 24.3 Å². The first-order chi connectivity index (χ1) is 10.7. The van der Waals surface area contributed by atoms with E-state index in [1.807, 2.05) is 18.2 Å². The standard InChI is InChI=1S/C16H10Cl2N2O2/c17-12-8-4-5-9-13(12)22-14-10-19-20(16(21)15(14)18)11-6-2-1-3-7-11/h1-10H. The first kappa shape index (κ1) is 14.6. The van der Waals surface area contributed by atoms with E-state index in [-0.39, 0.29) is 10.8 Å². The number of benzene rings is 2. The van der Waals surface area contributed by atoms with E-state index >= 15 is 0 Å². The number of halogens is 2. The molecular formula is C16H10Cl2N2O2. The van der Waals surface area contributed by atoms with E-state index in [0.717, 1.165) is 0 Å². The van der Waals surface area contributed by atoms with Crippen LogP contribution in [-0.2, 0) is 0 Å². The van der Waals surface area contributed by atoms with Crippen LogP contribution in [0.3, 0.4) is 0 Å². The highest BCUT2D eigenvalue weighted by molar-refractivity contribution is 6.32. The smallest absolute Gasteiger partial charge is 0.294 e. The zero-order chi connectivity index (χ0) is 15.5. The summed E-state index contributed by atoms with van der Waals surface area (Å²) in [4.78, 5) is 12.3. The van der Waals surface area contributed by atoms with E-state index in [9.17, 15) is 4.79 Å². The lowest BCUT2D eigenvalue weighted by Gasteiger charge is -2.10. The lowest BCUT2D eigenvalue weighted by Crippen LogP contribution is -2.21. The molecule has 110 valence electrons. The normalized spacial score (nSPS) is 10.5. The van der Waals surface area contributed by atoms with Crippen molar-refractivity contribution in [2.45, 2.75) is 0 Å². The van der Waals surface area contributed by atoms with Crippen molar-refractivity contribution in [1.29, 1.82) is 0 Å². The molecule has 0 saturated carbocycles. The predicted octanol–water partition coefficient (Wildman–Crippen LogP) is 4.33. The van der Waals surface area contributed by atoms with Crippen LogP contribution in [0.5, 0.6) is 11.5 Å². The molecule has 0 amide bonds. The summed E-state index contributed by atoms with van der Waals surface area (Å²) in [6, 6.07) is 15.9. The fraction of sp³-hybridized carbons (Fsp3) is 0. The summed E-state index contributed by atoms with van der Waals surface area (Å²) in [6.07, 6.45) is 1.39. The van der Waals surface area contributed by atoms with Gasteiger partial charge in [-0.15, -0.1) is 0 Å². The third-order valence-electron chi connectivity index (χ3n) is 2.94. The second kappa shape index (κ2) is 6.22. The van der Waals surface area contributed by atoms with Gasteiger partial charge in [-0.2, -0.15) is 9.78 Å². The van der Waals surface area contributed by atoms with Crippen LogP contribution < -0.4 is 10.3 Å². The van der Waals surface area contributed by atoms with Gasteiger partial charge in [0.2, 0.25) is 0 Å². The van der Waals surface area contributed by atoms with Crippen LogP contribution in [0, 0.1) is 0 Å².